The maximum absolute atomic E-state index is 12.3. The molecule has 1 N–H and O–H groups in total. The highest BCUT2D eigenvalue weighted by atomic mass is 16.2. The quantitative estimate of drug-likeness (QED) is 0.862. The zero-order valence-electron chi connectivity index (χ0n) is 12.4. The maximum atomic E-state index is 12.3. The van der Waals surface area contributed by atoms with E-state index in [2.05, 4.69) is 15.3 Å². The molecule has 1 aromatic heterocycles. The van der Waals surface area contributed by atoms with Gasteiger partial charge < -0.3 is 5.32 Å². The van der Waals surface area contributed by atoms with Crippen LogP contribution >= 0.6 is 0 Å². The van der Waals surface area contributed by atoms with Crippen molar-refractivity contribution in [2.75, 3.05) is 11.4 Å². The highest BCUT2D eigenvalue weighted by Crippen LogP contribution is 2.25. The van der Waals surface area contributed by atoms with Crippen LogP contribution in [0, 0.1) is 0 Å². The van der Waals surface area contributed by atoms with Gasteiger partial charge in [0.05, 0.1) is 5.69 Å². The van der Waals surface area contributed by atoms with Crippen LogP contribution in [0.2, 0.25) is 0 Å². The van der Waals surface area contributed by atoms with Crippen molar-refractivity contribution in [3.63, 3.8) is 0 Å². The SMILES string of the molecule is CCCNC(=O)c1ccc(N2C(=O)c3nccnc3C2=O)cc1. The number of nitrogens with one attached hydrogen (secondary N) is 1. The number of carbonyl (C=O) groups excluding carboxylic acids is 3. The van der Waals surface area contributed by atoms with Crippen LogP contribution in [0.15, 0.2) is 36.7 Å². The Hall–Kier alpha value is -3.09. The van der Waals surface area contributed by atoms with Crippen LogP contribution in [0.3, 0.4) is 0 Å². The third-order valence-electron chi connectivity index (χ3n) is 3.43. The predicted molar refractivity (Wildman–Crippen MR) is 82.2 cm³/mol. The minimum atomic E-state index is -0.513. The Balaban J connectivity index is 1.85. The number of benzene rings is 1. The first-order valence-electron chi connectivity index (χ1n) is 7.21. The molecule has 23 heavy (non-hydrogen) atoms. The Kier molecular flexibility index (Phi) is 3.84. The Morgan fingerprint density at radius 2 is 1.61 bits per heavy atom. The number of rotatable bonds is 4. The zero-order chi connectivity index (χ0) is 16.4. The normalized spacial score (nSPS) is 13.2. The Morgan fingerprint density at radius 3 is 2.13 bits per heavy atom. The molecule has 7 nitrogen and oxygen atoms in total. The van der Waals surface area contributed by atoms with Gasteiger partial charge in [-0.3, -0.25) is 14.4 Å². The molecule has 3 amide bonds. The van der Waals surface area contributed by atoms with Gasteiger partial charge in [0, 0.05) is 24.5 Å². The van der Waals surface area contributed by atoms with Crippen molar-refractivity contribution in [1.82, 2.24) is 15.3 Å². The summed E-state index contributed by atoms with van der Waals surface area (Å²) in [6, 6.07) is 6.26. The molecule has 2 heterocycles. The van der Waals surface area contributed by atoms with Crippen molar-refractivity contribution in [2.45, 2.75) is 13.3 Å². The topological polar surface area (TPSA) is 92.3 Å². The number of imide groups is 1. The van der Waals surface area contributed by atoms with E-state index >= 15 is 0 Å². The molecule has 0 saturated heterocycles. The van der Waals surface area contributed by atoms with E-state index in [1.54, 1.807) is 24.3 Å². The fourth-order valence-electron chi connectivity index (χ4n) is 2.29. The van der Waals surface area contributed by atoms with E-state index in [9.17, 15) is 14.4 Å². The minimum absolute atomic E-state index is 0.0438. The molecule has 2 aromatic rings. The average Bonchev–Trinajstić information content (AvgIpc) is 2.84. The van der Waals surface area contributed by atoms with E-state index in [1.165, 1.54) is 12.4 Å². The number of carbonyl (C=O) groups is 3. The predicted octanol–water partition coefficient (Wildman–Crippen LogP) is 1.42. The van der Waals surface area contributed by atoms with Crippen molar-refractivity contribution >= 4 is 23.4 Å². The van der Waals surface area contributed by atoms with Gasteiger partial charge in [0.15, 0.2) is 11.4 Å². The van der Waals surface area contributed by atoms with Gasteiger partial charge in [-0.2, -0.15) is 0 Å². The lowest BCUT2D eigenvalue weighted by Crippen LogP contribution is -2.30. The summed E-state index contributed by atoms with van der Waals surface area (Å²) in [7, 11) is 0. The number of amides is 3. The zero-order valence-corrected chi connectivity index (χ0v) is 12.4. The van der Waals surface area contributed by atoms with Crippen molar-refractivity contribution in [3.8, 4) is 0 Å². The number of hydrogen-bond acceptors (Lipinski definition) is 5. The molecule has 0 spiro atoms. The maximum Gasteiger partial charge on any atom is 0.286 e. The largest absolute Gasteiger partial charge is 0.352 e. The van der Waals surface area contributed by atoms with Gasteiger partial charge in [-0.05, 0) is 30.7 Å². The summed E-state index contributed by atoms with van der Waals surface area (Å²) in [6.07, 6.45) is 3.59. The first-order chi connectivity index (χ1) is 11.1. The van der Waals surface area contributed by atoms with E-state index in [1.807, 2.05) is 6.92 Å². The molecule has 7 heteroatoms. The van der Waals surface area contributed by atoms with Crippen molar-refractivity contribution in [3.05, 3.63) is 53.6 Å². The first-order valence-corrected chi connectivity index (χ1v) is 7.21. The second kappa shape index (κ2) is 5.96. The fraction of sp³-hybridized carbons (Fsp3) is 0.188. The third kappa shape index (κ3) is 2.57. The van der Waals surface area contributed by atoms with Gasteiger partial charge in [0.25, 0.3) is 17.7 Å². The lowest BCUT2D eigenvalue weighted by atomic mass is 10.2. The van der Waals surface area contributed by atoms with Crippen LogP contribution in [-0.2, 0) is 0 Å². The average molecular weight is 310 g/mol. The van der Waals surface area contributed by atoms with Gasteiger partial charge in [-0.25, -0.2) is 14.9 Å². The fourth-order valence-corrected chi connectivity index (χ4v) is 2.29. The van der Waals surface area contributed by atoms with Crippen LogP contribution in [-0.4, -0.2) is 34.2 Å². The first kappa shape index (κ1) is 14.8. The molecule has 0 fully saturated rings. The van der Waals surface area contributed by atoms with Gasteiger partial charge in [-0.15, -0.1) is 0 Å². The van der Waals surface area contributed by atoms with Crippen LogP contribution in [0.25, 0.3) is 0 Å². The van der Waals surface area contributed by atoms with E-state index in [0.29, 0.717) is 17.8 Å². The summed E-state index contributed by atoms with van der Waals surface area (Å²) in [5, 5.41) is 2.76. The summed E-state index contributed by atoms with van der Waals surface area (Å²) in [5.74, 6) is -1.22. The van der Waals surface area contributed by atoms with Crippen LogP contribution < -0.4 is 10.2 Å². The molecule has 0 unspecified atom stereocenters. The van der Waals surface area contributed by atoms with Crippen LogP contribution in [0.1, 0.15) is 44.7 Å². The lowest BCUT2D eigenvalue weighted by molar-refractivity contribution is 0.0920. The van der Waals surface area contributed by atoms with E-state index in [0.717, 1.165) is 11.3 Å². The molecule has 1 aliphatic heterocycles. The Labute approximate surface area is 132 Å². The molecule has 0 aliphatic carbocycles. The molecule has 116 valence electrons. The summed E-state index contributed by atoms with van der Waals surface area (Å²) in [6.45, 7) is 2.56. The molecule has 0 atom stereocenters. The molecule has 1 aliphatic rings. The number of anilines is 1. The molecule has 0 saturated carbocycles. The Bertz CT molecular complexity index is 751. The number of fused-ring (bicyclic) bond motifs is 1. The smallest absolute Gasteiger partial charge is 0.286 e. The van der Waals surface area contributed by atoms with Crippen LogP contribution in [0.4, 0.5) is 5.69 Å². The van der Waals surface area contributed by atoms with Gasteiger partial charge in [-0.1, -0.05) is 6.92 Å². The third-order valence-corrected chi connectivity index (χ3v) is 3.43. The molecular weight excluding hydrogens is 296 g/mol. The van der Waals surface area contributed by atoms with Gasteiger partial charge in [0.2, 0.25) is 0 Å². The second-order valence-electron chi connectivity index (χ2n) is 5.00. The highest BCUT2D eigenvalue weighted by molar-refractivity contribution is 6.33. The van der Waals surface area contributed by atoms with Crippen molar-refractivity contribution in [2.24, 2.45) is 0 Å². The summed E-state index contributed by atoms with van der Waals surface area (Å²) >= 11 is 0. The monoisotopic (exact) mass is 310 g/mol. The summed E-state index contributed by atoms with van der Waals surface area (Å²) in [5.41, 5.74) is 0.937. The lowest BCUT2D eigenvalue weighted by Gasteiger charge is -2.13. The molecule has 3 rings (SSSR count). The van der Waals surface area contributed by atoms with Gasteiger partial charge in [0.1, 0.15) is 0 Å². The van der Waals surface area contributed by atoms with E-state index in [-0.39, 0.29) is 17.3 Å². The molecule has 0 radical (unpaired) electrons. The summed E-state index contributed by atoms with van der Waals surface area (Å²) in [4.78, 5) is 45.3. The highest BCUT2D eigenvalue weighted by Gasteiger charge is 2.39. The van der Waals surface area contributed by atoms with E-state index < -0.39 is 11.8 Å². The van der Waals surface area contributed by atoms with Crippen LogP contribution in [0.5, 0.6) is 0 Å². The van der Waals surface area contributed by atoms with Crippen molar-refractivity contribution in [1.29, 1.82) is 0 Å². The van der Waals surface area contributed by atoms with Crippen molar-refractivity contribution < 1.29 is 14.4 Å². The standard InChI is InChI=1S/C16H14N4O3/c1-2-7-19-14(21)10-3-5-11(6-4-10)20-15(22)12-13(16(20)23)18-9-8-17-12/h3-6,8-9H,2,7H2,1H3,(H,19,21). The number of hydrogen-bond donors (Lipinski definition) is 1. The Morgan fingerprint density at radius 1 is 1.04 bits per heavy atom. The minimum Gasteiger partial charge on any atom is -0.352 e. The second-order valence-corrected chi connectivity index (χ2v) is 5.00. The molecule has 0 bridgehead atoms. The number of nitrogens with zero attached hydrogens (tertiary/aromatic N) is 3. The molecular formula is C16H14N4O3. The summed E-state index contributed by atoms with van der Waals surface area (Å²) < 4.78 is 0. The number of aromatic nitrogens is 2. The van der Waals surface area contributed by atoms with E-state index in [4.69, 9.17) is 0 Å². The molecule has 1 aromatic carbocycles. The van der Waals surface area contributed by atoms with Gasteiger partial charge >= 0.3 is 0 Å².